The van der Waals surface area contributed by atoms with Crippen LogP contribution in [0.4, 0.5) is 0 Å². The number of nitrogens with one attached hydrogen (secondary N) is 1. The Kier molecular flexibility index (Phi) is 4.89. The molecule has 0 fully saturated rings. The summed E-state index contributed by atoms with van der Waals surface area (Å²) in [6.07, 6.45) is -0.924. The standard InChI is InChI=1S/C7H9NO8/c9-3(10)1-2(5(11)12)8-4(6(13)14)7(15)16/h2,4,8H,1H2,(H,9,10)(H,11,12)(H,13,14)(H,15,16)/t2-/m0/s1. The minimum Gasteiger partial charge on any atom is -0.481 e. The molecule has 90 valence electrons. The molecule has 9 nitrogen and oxygen atoms in total. The monoisotopic (exact) mass is 235 g/mol. The molecule has 0 heterocycles. The molecule has 0 aromatic carbocycles. The highest BCUT2D eigenvalue weighted by Crippen LogP contribution is 1.96. The third-order valence-corrected chi connectivity index (χ3v) is 1.54. The highest BCUT2D eigenvalue weighted by molar-refractivity contribution is 5.98. The average Bonchev–Trinajstić information content (AvgIpc) is 2.09. The molecule has 0 radical (unpaired) electrons. The SMILES string of the molecule is O=C(O)C[C@H](NC(C(=O)O)C(=O)O)C(=O)O. The predicted molar refractivity (Wildman–Crippen MR) is 45.9 cm³/mol. The largest absolute Gasteiger partial charge is 0.481 e. The quantitative estimate of drug-likeness (QED) is 0.315. The maximum Gasteiger partial charge on any atom is 0.332 e. The molecule has 0 aliphatic heterocycles. The van der Waals surface area contributed by atoms with E-state index in [9.17, 15) is 19.2 Å². The molecule has 0 rings (SSSR count). The molecule has 0 aromatic heterocycles. The molecule has 0 bridgehead atoms. The summed E-state index contributed by atoms with van der Waals surface area (Å²) in [6.45, 7) is 0. The second-order valence-electron chi connectivity index (χ2n) is 2.76. The maximum atomic E-state index is 10.5. The van der Waals surface area contributed by atoms with Crippen molar-refractivity contribution in [1.82, 2.24) is 5.32 Å². The zero-order valence-electron chi connectivity index (χ0n) is 7.78. The van der Waals surface area contributed by atoms with Gasteiger partial charge >= 0.3 is 23.9 Å². The number of aliphatic carboxylic acids is 4. The highest BCUT2D eigenvalue weighted by atomic mass is 16.4. The molecule has 0 saturated heterocycles. The van der Waals surface area contributed by atoms with E-state index in [1.165, 1.54) is 0 Å². The van der Waals surface area contributed by atoms with Crippen LogP contribution in [0.5, 0.6) is 0 Å². The predicted octanol–water partition coefficient (Wildman–Crippen LogP) is -1.96. The fourth-order valence-corrected chi connectivity index (χ4v) is 0.842. The summed E-state index contributed by atoms with van der Waals surface area (Å²) in [5.74, 6) is -6.74. The number of carbonyl (C=O) groups is 4. The van der Waals surface area contributed by atoms with E-state index in [0.29, 0.717) is 0 Å². The van der Waals surface area contributed by atoms with E-state index in [4.69, 9.17) is 20.4 Å². The van der Waals surface area contributed by atoms with Gasteiger partial charge in [0.1, 0.15) is 6.04 Å². The molecular weight excluding hydrogens is 226 g/mol. The van der Waals surface area contributed by atoms with E-state index in [-0.39, 0.29) is 0 Å². The number of carboxylic acids is 4. The zero-order valence-corrected chi connectivity index (χ0v) is 7.78. The van der Waals surface area contributed by atoms with Crippen LogP contribution in [-0.2, 0) is 19.2 Å². The van der Waals surface area contributed by atoms with Gasteiger partial charge in [-0.3, -0.25) is 14.9 Å². The van der Waals surface area contributed by atoms with Crippen molar-refractivity contribution >= 4 is 23.9 Å². The third kappa shape index (κ3) is 4.37. The van der Waals surface area contributed by atoms with Crippen LogP contribution in [0.25, 0.3) is 0 Å². The number of hydrogen-bond donors (Lipinski definition) is 5. The van der Waals surface area contributed by atoms with Gasteiger partial charge in [0.25, 0.3) is 0 Å². The van der Waals surface area contributed by atoms with Gasteiger partial charge in [0.15, 0.2) is 0 Å². The zero-order chi connectivity index (χ0) is 12.9. The van der Waals surface area contributed by atoms with Crippen LogP contribution in [0, 0.1) is 0 Å². The molecule has 16 heavy (non-hydrogen) atoms. The summed E-state index contributed by atoms with van der Waals surface area (Å²) in [4.78, 5) is 41.5. The Morgan fingerprint density at radius 2 is 1.31 bits per heavy atom. The Bertz CT molecular complexity index is 310. The molecule has 5 N–H and O–H groups in total. The maximum absolute atomic E-state index is 10.5. The number of rotatable bonds is 7. The van der Waals surface area contributed by atoms with Gasteiger partial charge in [0, 0.05) is 0 Å². The molecule has 0 unspecified atom stereocenters. The van der Waals surface area contributed by atoms with Gasteiger partial charge in [-0.15, -0.1) is 0 Å². The lowest BCUT2D eigenvalue weighted by Crippen LogP contribution is -2.51. The average molecular weight is 235 g/mol. The fraction of sp³-hybridized carbons (Fsp3) is 0.429. The van der Waals surface area contributed by atoms with Crippen LogP contribution in [-0.4, -0.2) is 56.4 Å². The summed E-state index contributed by atoms with van der Waals surface area (Å²) < 4.78 is 0. The molecule has 0 aromatic rings. The van der Waals surface area contributed by atoms with Crippen molar-refractivity contribution in [2.75, 3.05) is 0 Å². The van der Waals surface area contributed by atoms with Crippen molar-refractivity contribution in [3.63, 3.8) is 0 Å². The minimum atomic E-state index is -2.17. The normalized spacial score (nSPS) is 12.1. The van der Waals surface area contributed by atoms with Crippen molar-refractivity contribution in [2.45, 2.75) is 18.5 Å². The molecule has 0 aliphatic carbocycles. The lowest BCUT2D eigenvalue weighted by molar-refractivity contribution is -0.153. The van der Waals surface area contributed by atoms with E-state index in [1.54, 1.807) is 5.32 Å². The summed E-state index contributed by atoms with van der Waals surface area (Å²) in [5.41, 5.74) is 0. The van der Waals surface area contributed by atoms with E-state index in [1.807, 2.05) is 0 Å². The van der Waals surface area contributed by atoms with Gasteiger partial charge < -0.3 is 20.4 Å². The molecule has 0 aliphatic rings. The summed E-state index contributed by atoms with van der Waals surface area (Å²) in [6, 6.07) is -3.95. The second-order valence-corrected chi connectivity index (χ2v) is 2.76. The first-order valence-electron chi connectivity index (χ1n) is 3.92. The van der Waals surface area contributed by atoms with Crippen LogP contribution in [0.3, 0.4) is 0 Å². The first-order valence-corrected chi connectivity index (χ1v) is 3.92. The summed E-state index contributed by atoms with van der Waals surface area (Å²) in [7, 11) is 0. The Labute approximate surface area is 88.3 Å². The van der Waals surface area contributed by atoms with Gasteiger partial charge in [0.2, 0.25) is 6.04 Å². The summed E-state index contributed by atoms with van der Waals surface area (Å²) >= 11 is 0. The van der Waals surface area contributed by atoms with Gasteiger partial charge in [-0.1, -0.05) is 0 Å². The van der Waals surface area contributed by atoms with Crippen LogP contribution < -0.4 is 5.32 Å². The third-order valence-electron chi connectivity index (χ3n) is 1.54. The topological polar surface area (TPSA) is 161 Å². The van der Waals surface area contributed by atoms with E-state index < -0.39 is 42.4 Å². The van der Waals surface area contributed by atoms with Crippen molar-refractivity contribution in [2.24, 2.45) is 0 Å². The Hall–Kier alpha value is -2.16. The van der Waals surface area contributed by atoms with E-state index in [0.717, 1.165) is 0 Å². The summed E-state index contributed by atoms with van der Waals surface area (Å²) in [5, 5.41) is 35.4. The fourth-order valence-electron chi connectivity index (χ4n) is 0.842. The minimum absolute atomic E-state index is 0.924. The van der Waals surface area contributed by atoms with E-state index in [2.05, 4.69) is 0 Å². The molecule has 0 amide bonds. The molecule has 9 heteroatoms. The van der Waals surface area contributed by atoms with Crippen molar-refractivity contribution < 1.29 is 39.6 Å². The van der Waals surface area contributed by atoms with Gasteiger partial charge in [-0.2, -0.15) is 0 Å². The van der Waals surface area contributed by atoms with Crippen LogP contribution in [0.2, 0.25) is 0 Å². The highest BCUT2D eigenvalue weighted by Gasteiger charge is 2.32. The van der Waals surface area contributed by atoms with Crippen molar-refractivity contribution in [3.8, 4) is 0 Å². The first kappa shape index (κ1) is 13.8. The van der Waals surface area contributed by atoms with Gasteiger partial charge in [-0.05, 0) is 0 Å². The Balaban J connectivity index is 4.71. The lowest BCUT2D eigenvalue weighted by atomic mass is 10.1. The van der Waals surface area contributed by atoms with Crippen molar-refractivity contribution in [3.05, 3.63) is 0 Å². The smallest absolute Gasteiger partial charge is 0.332 e. The molecular formula is C7H9NO8. The van der Waals surface area contributed by atoms with Crippen LogP contribution in [0.15, 0.2) is 0 Å². The lowest BCUT2D eigenvalue weighted by Gasteiger charge is -2.15. The Morgan fingerprint density at radius 1 is 0.875 bits per heavy atom. The number of carboxylic acid groups (broad SMARTS) is 4. The van der Waals surface area contributed by atoms with E-state index >= 15 is 0 Å². The van der Waals surface area contributed by atoms with Crippen molar-refractivity contribution in [1.29, 1.82) is 0 Å². The van der Waals surface area contributed by atoms with Gasteiger partial charge in [-0.25, -0.2) is 9.59 Å². The van der Waals surface area contributed by atoms with Crippen LogP contribution in [0.1, 0.15) is 6.42 Å². The number of hydrogen-bond acceptors (Lipinski definition) is 5. The Morgan fingerprint density at radius 3 is 1.56 bits per heavy atom. The molecule has 0 spiro atoms. The first-order chi connectivity index (χ1) is 7.25. The second kappa shape index (κ2) is 5.66. The molecule has 1 atom stereocenters. The van der Waals surface area contributed by atoms with Gasteiger partial charge in [0.05, 0.1) is 6.42 Å². The van der Waals surface area contributed by atoms with Crippen LogP contribution >= 0.6 is 0 Å². The molecule has 0 saturated carbocycles.